The van der Waals surface area contributed by atoms with Crippen LogP contribution in [0.25, 0.3) is 22.6 Å². The molecule has 154 valence electrons. The SMILES string of the molecule is Cc1ccc(-c2c(-c3cc(C)no3)cnn2CCNC(=O)c2oc(C)nc2C)cn1. The number of nitrogens with one attached hydrogen (secondary N) is 1. The van der Waals surface area contributed by atoms with Crippen LogP contribution in [0.5, 0.6) is 0 Å². The van der Waals surface area contributed by atoms with Crippen LogP contribution >= 0.6 is 0 Å². The summed E-state index contributed by atoms with van der Waals surface area (Å²) < 4.78 is 12.6. The molecule has 0 spiro atoms. The number of amides is 1. The van der Waals surface area contributed by atoms with Gasteiger partial charge in [-0.3, -0.25) is 14.5 Å². The molecular formula is C21H22N6O3. The second-order valence-electron chi connectivity index (χ2n) is 7.05. The lowest BCUT2D eigenvalue weighted by molar-refractivity contribution is 0.0922. The van der Waals surface area contributed by atoms with Crippen LogP contribution in [-0.2, 0) is 6.54 Å². The number of aryl methyl sites for hydroxylation is 4. The first-order valence-electron chi connectivity index (χ1n) is 9.57. The van der Waals surface area contributed by atoms with Crippen LogP contribution in [0.4, 0.5) is 0 Å². The number of hydrogen-bond donors (Lipinski definition) is 1. The van der Waals surface area contributed by atoms with Crippen molar-refractivity contribution in [3.63, 3.8) is 0 Å². The summed E-state index contributed by atoms with van der Waals surface area (Å²) in [5.74, 6) is 1.02. The second-order valence-corrected chi connectivity index (χ2v) is 7.05. The molecule has 9 nitrogen and oxygen atoms in total. The molecule has 4 heterocycles. The summed E-state index contributed by atoms with van der Waals surface area (Å²) in [7, 11) is 0. The lowest BCUT2D eigenvalue weighted by atomic mass is 10.1. The van der Waals surface area contributed by atoms with Crippen molar-refractivity contribution in [1.82, 2.24) is 30.2 Å². The van der Waals surface area contributed by atoms with Gasteiger partial charge in [0.05, 0.1) is 35.4 Å². The summed E-state index contributed by atoms with van der Waals surface area (Å²) in [6.07, 6.45) is 3.54. The fourth-order valence-electron chi connectivity index (χ4n) is 3.24. The minimum atomic E-state index is -0.301. The van der Waals surface area contributed by atoms with Crippen LogP contribution in [0.15, 0.2) is 39.5 Å². The molecule has 0 aliphatic carbocycles. The van der Waals surface area contributed by atoms with Crippen LogP contribution in [0.1, 0.15) is 33.5 Å². The van der Waals surface area contributed by atoms with E-state index in [-0.39, 0.29) is 11.7 Å². The molecule has 9 heteroatoms. The molecule has 0 saturated heterocycles. The quantitative estimate of drug-likeness (QED) is 0.523. The lowest BCUT2D eigenvalue weighted by Crippen LogP contribution is -2.28. The molecule has 0 aromatic carbocycles. The van der Waals surface area contributed by atoms with E-state index in [1.54, 1.807) is 26.2 Å². The van der Waals surface area contributed by atoms with E-state index in [1.165, 1.54) is 0 Å². The molecule has 4 rings (SSSR count). The van der Waals surface area contributed by atoms with Gasteiger partial charge in [0.2, 0.25) is 5.76 Å². The molecule has 4 aromatic rings. The Labute approximate surface area is 173 Å². The number of nitrogens with zero attached hydrogens (tertiary/aromatic N) is 5. The molecule has 1 N–H and O–H groups in total. The fraction of sp³-hybridized carbons (Fsp3) is 0.286. The Balaban J connectivity index is 1.58. The van der Waals surface area contributed by atoms with Crippen molar-refractivity contribution in [1.29, 1.82) is 0 Å². The van der Waals surface area contributed by atoms with Gasteiger partial charge in [-0.2, -0.15) is 5.10 Å². The summed E-state index contributed by atoms with van der Waals surface area (Å²) in [5, 5.41) is 11.3. The fourth-order valence-corrected chi connectivity index (χ4v) is 3.24. The van der Waals surface area contributed by atoms with Gasteiger partial charge in [0.1, 0.15) is 0 Å². The van der Waals surface area contributed by atoms with Gasteiger partial charge >= 0.3 is 0 Å². The number of pyridine rings is 1. The van der Waals surface area contributed by atoms with Crippen molar-refractivity contribution in [3.8, 4) is 22.6 Å². The van der Waals surface area contributed by atoms with E-state index < -0.39 is 0 Å². The molecule has 0 atom stereocenters. The molecule has 4 aromatic heterocycles. The number of rotatable bonds is 6. The van der Waals surface area contributed by atoms with E-state index in [4.69, 9.17) is 8.94 Å². The molecule has 0 unspecified atom stereocenters. The Morgan fingerprint density at radius 3 is 2.60 bits per heavy atom. The van der Waals surface area contributed by atoms with Gasteiger partial charge in [-0.1, -0.05) is 5.16 Å². The van der Waals surface area contributed by atoms with Crippen molar-refractivity contribution >= 4 is 5.91 Å². The van der Waals surface area contributed by atoms with E-state index in [2.05, 4.69) is 25.5 Å². The topological polar surface area (TPSA) is 112 Å². The molecule has 30 heavy (non-hydrogen) atoms. The Morgan fingerprint density at radius 1 is 1.13 bits per heavy atom. The van der Waals surface area contributed by atoms with Gasteiger partial charge in [-0.25, -0.2) is 4.98 Å². The first-order valence-corrected chi connectivity index (χ1v) is 9.57. The van der Waals surface area contributed by atoms with Gasteiger partial charge in [0.15, 0.2) is 11.7 Å². The first-order chi connectivity index (χ1) is 14.4. The monoisotopic (exact) mass is 406 g/mol. The molecule has 1 amide bonds. The van der Waals surface area contributed by atoms with E-state index in [0.29, 0.717) is 30.4 Å². The third-order valence-corrected chi connectivity index (χ3v) is 4.64. The van der Waals surface area contributed by atoms with Crippen LogP contribution in [0.3, 0.4) is 0 Å². The number of oxazole rings is 1. The van der Waals surface area contributed by atoms with Crippen LogP contribution < -0.4 is 5.32 Å². The Hall–Kier alpha value is -3.75. The maximum Gasteiger partial charge on any atom is 0.289 e. The summed E-state index contributed by atoms with van der Waals surface area (Å²) in [5.41, 5.74) is 4.84. The summed E-state index contributed by atoms with van der Waals surface area (Å²) in [6, 6.07) is 5.80. The highest BCUT2D eigenvalue weighted by atomic mass is 16.5. The molecular weight excluding hydrogens is 384 g/mol. The van der Waals surface area contributed by atoms with Gasteiger partial charge in [-0.15, -0.1) is 0 Å². The second kappa shape index (κ2) is 7.94. The zero-order valence-corrected chi connectivity index (χ0v) is 17.3. The van der Waals surface area contributed by atoms with E-state index >= 15 is 0 Å². The highest BCUT2D eigenvalue weighted by Gasteiger charge is 2.19. The maximum absolute atomic E-state index is 12.4. The van der Waals surface area contributed by atoms with Crippen LogP contribution in [0.2, 0.25) is 0 Å². The van der Waals surface area contributed by atoms with Crippen molar-refractivity contribution in [3.05, 3.63) is 59.3 Å². The van der Waals surface area contributed by atoms with Gasteiger partial charge in [-0.05, 0) is 32.9 Å². The summed E-state index contributed by atoms with van der Waals surface area (Å²) in [4.78, 5) is 20.9. The third-order valence-electron chi connectivity index (χ3n) is 4.64. The number of aromatic nitrogens is 5. The highest BCUT2D eigenvalue weighted by Crippen LogP contribution is 2.32. The van der Waals surface area contributed by atoms with Crippen LogP contribution in [-0.4, -0.2) is 37.4 Å². The van der Waals surface area contributed by atoms with Gasteiger partial charge in [0, 0.05) is 37.0 Å². The predicted molar refractivity (Wildman–Crippen MR) is 109 cm³/mol. The standard InChI is InChI=1S/C21H22N6O3/c1-12-5-6-16(10-23-12)19-17(18-9-13(2)26-30-18)11-24-27(19)8-7-22-21(28)20-14(3)25-15(4)29-20/h5-6,9-11H,7-8H2,1-4H3,(H,22,28). The lowest BCUT2D eigenvalue weighted by Gasteiger charge is -2.10. The zero-order valence-electron chi connectivity index (χ0n) is 17.3. The van der Waals surface area contributed by atoms with Crippen molar-refractivity contribution in [2.45, 2.75) is 34.2 Å². The molecule has 0 fully saturated rings. The molecule has 0 saturated carbocycles. The van der Waals surface area contributed by atoms with E-state index in [1.807, 2.05) is 36.7 Å². The zero-order chi connectivity index (χ0) is 21.3. The predicted octanol–water partition coefficient (Wildman–Crippen LogP) is 3.25. The average molecular weight is 406 g/mol. The maximum atomic E-state index is 12.4. The summed E-state index contributed by atoms with van der Waals surface area (Å²) >= 11 is 0. The number of hydrogen-bond acceptors (Lipinski definition) is 7. The smallest absolute Gasteiger partial charge is 0.289 e. The van der Waals surface area contributed by atoms with Gasteiger partial charge < -0.3 is 14.3 Å². The van der Waals surface area contributed by atoms with Crippen molar-refractivity contribution in [2.75, 3.05) is 6.54 Å². The summed E-state index contributed by atoms with van der Waals surface area (Å²) in [6.45, 7) is 8.07. The Morgan fingerprint density at radius 2 is 1.97 bits per heavy atom. The number of carbonyl (C=O) groups excluding carboxylic acids is 1. The largest absolute Gasteiger partial charge is 0.436 e. The van der Waals surface area contributed by atoms with Gasteiger partial charge in [0.25, 0.3) is 5.91 Å². The average Bonchev–Trinajstić information content (AvgIpc) is 3.41. The Kier molecular flexibility index (Phi) is 5.18. The number of carbonyl (C=O) groups is 1. The normalized spacial score (nSPS) is 11.1. The molecule has 0 radical (unpaired) electrons. The minimum absolute atomic E-state index is 0.230. The molecule has 0 aliphatic rings. The van der Waals surface area contributed by atoms with Crippen LogP contribution in [0, 0.1) is 27.7 Å². The van der Waals surface area contributed by atoms with Crippen molar-refractivity contribution < 1.29 is 13.7 Å². The Bertz CT molecular complexity index is 1190. The highest BCUT2D eigenvalue weighted by molar-refractivity contribution is 5.92. The minimum Gasteiger partial charge on any atom is -0.436 e. The van der Waals surface area contributed by atoms with E-state index in [0.717, 1.165) is 28.2 Å². The molecule has 0 bridgehead atoms. The first kappa shape index (κ1) is 19.6. The molecule has 0 aliphatic heterocycles. The third kappa shape index (κ3) is 3.86. The van der Waals surface area contributed by atoms with Crippen molar-refractivity contribution in [2.24, 2.45) is 0 Å². The van der Waals surface area contributed by atoms with E-state index in [9.17, 15) is 4.79 Å².